The summed E-state index contributed by atoms with van der Waals surface area (Å²) in [6.07, 6.45) is 3.28. The molecular weight excluding hydrogens is 238 g/mol. The average molecular weight is 257 g/mol. The fourth-order valence-electron chi connectivity index (χ4n) is 1.54. The number of hydrogen-bond acceptors (Lipinski definition) is 4. The lowest BCUT2D eigenvalue weighted by Crippen LogP contribution is -2.15. The van der Waals surface area contributed by atoms with E-state index in [0.29, 0.717) is 5.69 Å². The van der Waals surface area contributed by atoms with Crippen molar-refractivity contribution in [1.29, 1.82) is 0 Å². The molecule has 1 rings (SSSR count). The van der Waals surface area contributed by atoms with Crippen molar-refractivity contribution < 1.29 is 8.42 Å². The molecule has 1 aromatic carbocycles. The number of para-hydroxylation sites is 1. The molecule has 0 aromatic heterocycles. The minimum absolute atomic E-state index is 0.0296. The van der Waals surface area contributed by atoms with Crippen molar-refractivity contribution in [2.75, 3.05) is 17.6 Å². The monoisotopic (exact) mass is 257 g/mol. The second kappa shape index (κ2) is 5.88. The maximum atomic E-state index is 11.3. The van der Waals surface area contributed by atoms with Crippen LogP contribution in [0.15, 0.2) is 23.1 Å². The maximum absolute atomic E-state index is 11.3. The van der Waals surface area contributed by atoms with Gasteiger partial charge in [-0.25, -0.2) is 13.6 Å². The van der Waals surface area contributed by atoms with Gasteiger partial charge in [0.1, 0.15) is 4.90 Å². The van der Waals surface area contributed by atoms with Crippen molar-refractivity contribution in [2.45, 2.75) is 31.1 Å². The molecule has 0 unspecified atom stereocenters. The van der Waals surface area contributed by atoms with Gasteiger partial charge in [0.15, 0.2) is 0 Å². The fourth-order valence-corrected chi connectivity index (χ4v) is 2.23. The standard InChI is InChI=1S/C11H19N3O2S/c1-2-3-4-8-14-9-6-5-7-10(11(9)12)17(13,15)16/h5-7,14H,2-4,8,12H2,1H3,(H2,13,15,16). The van der Waals surface area contributed by atoms with E-state index in [1.165, 1.54) is 6.07 Å². The van der Waals surface area contributed by atoms with Crippen LogP contribution in [0.5, 0.6) is 0 Å². The van der Waals surface area contributed by atoms with Gasteiger partial charge < -0.3 is 11.1 Å². The van der Waals surface area contributed by atoms with Crippen LogP contribution in [0.4, 0.5) is 11.4 Å². The Labute approximate surface area is 102 Å². The quantitative estimate of drug-likeness (QED) is 0.531. The highest BCUT2D eigenvalue weighted by atomic mass is 32.2. The van der Waals surface area contributed by atoms with E-state index in [1.807, 2.05) is 0 Å². The van der Waals surface area contributed by atoms with Crippen LogP contribution in [-0.4, -0.2) is 15.0 Å². The molecule has 0 bridgehead atoms. The van der Waals surface area contributed by atoms with E-state index in [2.05, 4.69) is 12.2 Å². The predicted molar refractivity (Wildman–Crippen MR) is 70.2 cm³/mol. The van der Waals surface area contributed by atoms with Gasteiger partial charge in [-0.3, -0.25) is 0 Å². The van der Waals surface area contributed by atoms with Crippen molar-refractivity contribution in [3.8, 4) is 0 Å². The van der Waals surface area contributed by atoms with Crippen LogP contribution >= 0.6 is 0 Å². The van der Waals surface area contributed by atoms with Gasteiger partial charge in [0.2, 0.25) is 10.0 Å². The van der Waals surface area contributed by atoms with Gasteiger partial charge in [-0.1, -0.05) is 25.8 Å². The van der Waals surface area contributed by atoms with E-state index in [9.17, 15) is 8.42 Å². The summed E-state index contributed by atoms with van der Waals surface area (Å²) in [4.78, 5) is -0.0296. The molecule has 0 amide bonds. The minimum atomic E-state index is -3.76. The number of nitrogens with one attached hydrogen (secondary N) is 1. The number of primary sulfonamides is 1. The van der Waals surface area contributed by atoms with Crippen molar-refractivity contribution in [3.63, 3.8) is 0 Å². The summed E-state index contributed by atoms with van der Waals surface area (Å²) in [5.41, 5.74) is 6.57. The summed E-state index contributed by atoms with van der Waals surface area (Å²) in [6, 6.07) is 4.77. The molecule has 0 saturated carbocycles. The predicted octanol–water partition coefficient (Wildman–Crippen LogP) is 1.52. The summed E-state index contributed by atoms with van der Waals surface area (Å²) in [5.74, 6) is 0. The molecule has 0 aliphatic rings. The normalized spacial score (nSPS) is 11.4. The molecule has 1 aromatic rings. The molecule has 6 heteroatoms. The zero-order valence-corrected chi connectivity index (χ0v) is 10.8. The summed E-state index contributed by atoms with van der Waals surface area (Å²) in [7, 11) is -3.76. The van der Waals surface area contributed by atoms with Crippen LogP contribution in [0.1, 0.15) is 26.2 Å². The van der Waals surface area contributed by atoms with E-state index in [1.54, 1.807) is 12.1 Å². The van der Waals surface area contributed by atoms with Crippen LogP contribution < -0.4 is 16.2 Å². The summed E-state index contributed by atoms with van der Waals surface area (Å²) in [5, 5.41) is 8.18. The third-order valence-corrected chi connectivity index (χ3v) is 3.44. The van der Waals surface area contributed by atoms with Crippen LogP contribution in [0, 0.1) is 0 Å². The number of nitrogen functional groups attached to an aromatic ring is 1. The van der Waals surface area contributed by atoms with E-state index in [4.69, 9.17) is 10.9 Å². The number of benzene rings is 1. The SMILES string of the molecule is CCCCCNc1cccc(S(N)(=O)=O)c1N. The smallest absolute Gasteiger partial charge is 0.240 e. The van der Waals surface area contributed by atoms with E-state index in [0.717, 1.165) is 25.8 Å². The topological polar surface area (TPSA) is 98.2 Å². The molecular formula is C11H19N3O2S. The van der Waals surface area contributed by atoms with Gasteiger partial charge in [-0.15, -0.1) is 0 Å². The molecule has 0 radical (unpaired) electrons. The Morgan fingerprint density at radius 1 is 1.29 bits per heavy atom. The van der Waals surface area contributed by atoms with Gasteiger partial charge in [-0.05, 0) is 18.6 Å². The van der Waals surface area contributed by atoms with Gasteiger partial charge in [0.05, 0.1) is 11.4 Å². The van der Waals surface area contributed by atoms with Crippen molar-refractivity contribution in [1.82, 2.24) is 0 Å². The number of sulfonamides is 1. The molecule has 0 aliphatic heterocycles. The number of unbranched alkanes of at least 4 members (excludes halogenated alkanes) is 2. The summed E-state index contributed by atoms with van der Waals surface area (Å²) >= 11 is 0. The van der Waals surface area contributed by atoms with Crippen molar-refractivity contribution in [3.05, 3.63) is 18.2 Å². The van der Waals surface area contributed by atoms with Crippen LogP contribution in [0.2, 0.25) is 0 Å². The van der Waals surface area contributed by atoms with Gasteiger partial charge in [0, 0.05) is 6.54 Å². The highest BCUT2D eigenvalue weighted by Gasteiger charge is 2.14. The second-order valence-corrected chi connectivity index (χ2v) is 5.43. The van der Waals surface area contributed by atoms with E-state index < -0.39 is 10.0 Å². The molecule has 5 nitrogen and oxygen atoms in total. The molecule has 0 fully saturated rings. The lowest BCUT2D eigenvalue weighted by Gasteiger charge is -2.11. The average Bonchev–Trinajstić information content (AvgIpc) is 2.25. The molecule has 96 valence electrons. The van der Waals surface area contributed by atoms with Crippen LogP contribution in [0.25, 0.3) is 0 Å². The molecule has 0 heterocycles. The zero-order chi connectivity index (χ0) is 12.9. The summed E-state index contributed by atoms with van der Waals surface area (Å²) in [6.45, 7) is 2.89. The Hall–Kier alpha value is -1.27. The van der Waals surface area contributed by atoms with Crippen molar-refractivity contribution in [2.24, 2.45) is 5.14 Å². The molecule has 0 atom stereocenters. The Kier molecular flexibility index (Phi) is 4.77. The highest BCUT2D eigenvalue weighted by molar-refractivity contribution is 7.89. The number of nitrogens with two attached hydrogens (primary N) is 2. The lowest BCUT2D eigenvalue weighted by molar-refractivity contribution is 0.598. The van der Waals surface area contributed by atoms with Gasteiger partial charge in [-0.2, -0.15) is 0 Å². The summed E-state index contributed by atoms with van der Waals surface area (Å²) < 4.78 is 22.5. The molecule has 0 saturated heterocycles. The number of rotatable bonds is 6. The highest BCUT2D eigenvalue weighted by Crippen LogP contribution is 2.25. The first-order valence-electron chi connectivity index (χ1n) is 5.62. The Morgan fingerprint density at radius 2 is 2.00 bits per heavy atom. The Bertz CT molecular complexity index is 472. The van der Waals surface area contributed by atoms with Gasteiger partial charge in [0.25, 0.3) is 0 Å². The molecule has 5 N–H and O–H groups in total. The zero-order valence-electron chi connectivity index (χ0n) is 9.94. The third kappa shape index (κ3) is 3.90. The van der Waals surface area contributed by atoms with Gasteiger partial charge >= 0.3 is 0 Å². The number of hydrogen-bond donors (Lipinski definition) is 3. The first-order chi connectivity index (χ1) is 7.96. The maximum Gasteiger partial charge on any atom is 0.240 e. The molecule has 17 heavy (non-hydrogen) atoms. The molecule has 0 aliphatic carbocycles. The Morgan fingerprint density at radius 3 is 2.59 bits per heavy atom. The van der Waals surface area contributed by atoms with E-state index in [-0.39, 0.29) is 10.6 Å². The number of anilines is 2. The molecule has 0 spiro atoms. The van der Waals surface area contributed by atoms with Crippen LogP contribution in [-0.2, 0) is 10.0 Å². The fraction of sp³-hybridized carbons (Fsp3) is 0.455. The lowest BCUT2D eigenvalue weighted by atomic mass is 10.2. The second-order valence-electron chi connectivity index (χ2n) is 3.90. The largest absolute Gasteiger partial charge is 0.396 e. The Balaban J connectivity index is 2.81. The van der Waals surface area contributed by atoms with Crippen molar-refractivity contribution >= 4 is 21.4 Å². The first-order valence-corrected chi connectivity index (χ1v) is 7.16. The third-order valence-electron chi connectivity index (χ3n) is 2.47. The van der Waals surface area contributed by atoms with E-state index >= 15 is 0 Å². The minimum Gasteiger partial charge on any atom is -0.396 e. The van der Waals surface area contributed by atoms with Crippen LogP contribution in [0.3, 0.4) is 0 Å². The first kappa shape index (κ1) is 13.8.